The van der Waals surface area contributed by atoms with Gasteiger partial charge in [0.2, 0.25) is 10.0 Å². The lowest BCUT2D eigenvalue weighted by Gasteiger charge is -2.30. The Labute approximate surface area is 133 Å². The van der Waals surface area contributed by atoms with E-state index in [0.717, 1.165) is 24.2 Å². The minimum atomic E-state index is -3.10. The monoisotopic (exact) mass is 323 g/mol. The highest BCUT2D eigenvalue weighted by molar-refractivity contribution is 7.88. The molecule has 1 atom stereocenters. The molecule has 1 N–H and O–H groups in total. The van der Waals surface area contributed by atoms with E-state index < -0.39 is 10.0 Å². The van der Waals surface area contributed by atoms with Crippen molar-refractivity contribution in [3.05, 3.63) is 24.0 Å². The first-order valence-corrected chi connectivity index (χ1v) is 10.0. The summed E-state index contributed by atoms with van der Waals surface area (Å²) in [4.78, 5) is 4.58. The number of sulfonamides is 1. The summed E-state index contributed by atoms with van der Waals surface area (Å²) in [6, 6.07) is 4.72. The van der Waals surface area contributed by atoms with Crippen LogP contribution in [0, 0.1) is 0 Å². The second kappa shape index (κ2) is 6.54. The van der Waals surface area contributed by atoms with Gasteiger partial charge in [-0.2, -0.15) is 0 Å². The predicted molar refractivity (Wildman–Crippen MR) is 88.5 cm³/mol. The fraction of sp³-hybridized carbons (Fsp3) is 0.688. The molecular weight excluding hydrogens is 298 g/mol. The van der Waals surface area contributed by atoms with Gasteiger partial charge in [0.25, 0.3) is 0 Å². The Hall–Kier alpha value is -1.14. The summed E-state index contributed by atoms with van der Waals surface area (Å²) in [5, 5.41) is 3.54. The van der Waals surface area contributed by atoms with Crippen LogP contribution in [0.15, 0.2) is 18.3 Å². The van der Waals surface area contributed by atoms with Gasteiger partial charge in [0, 0.05) is 30.7 Å². The first-order chi connectivity index (χ1) is 10.5. The van der Waals surface area contributed by atoms with E-state index in [1.165, 1.54) is 31.9 Å². The highest BCUT2D eigenvalue weighted by Crippen LogP contribution is 2.28. The van der Waals surface area contributed by atoms with E-state index in [9.17, 15) is 8.42 Å². The molecule has 1 saturated carbocycles. The largest absolute Gasteiger partial charge is 0.381 e. The van der Waals surface area contributed by atoms with E-state index in [4.69, 9.17) is 0 Å². The van der Waals surface area contributed by atoms with Crippen molar-refractivity contribution in [2.75, 3.05) is 24.7 Å². The third kappa shape index (κ3) is 3.79. The molecule has 2 aliphatic rings. The molecule has 2 heterocycles. The fourth-order valence-corrected chi connectivity index (χ4v) is 4.43. The molecule has 0 amide bonds. The molecule has 1 aliphatic heterocycles. The van der Waals surface area contributed by atoms with Gasteiger partial charge in [0.15, 0.2) is 0 Å². The highest BCUT2D eigenvalue weighted by atomic mass is 32.2. The summed E-state index contributed by atoms with van der Waals surface area (Å²) in [5.41, 5.74) is 2.08. The van der Waals surface area contributed by atoms with E-state index in [1.807, 2.05) is 12.3 Å². The van der Waals surface area contributed by atoms with Crippen LogP contribution in [0.25, 0.3) is 0 Å². The number of aromatic nitrogens is 1. The average Bonchev–Trinajstić information content (AvgIpc) is 3.00. The number of rotatable bonds is 4. The van der Waals surface area contributed by atoms with E-state index in [2.05, 4.69) is 16.4 Å². The van der Waals surface area contributed by atoms with Crippen molar-refractivity contribution in [2.45, 2.75) is 50.5 Å². The van der Waals surface area contributed by atoms with Gasteiger partial charge in [-0.3, -0.25) is 4.98 Å². The average molecular weight is 323 g/mol. The van der Waals surface area contributed by atoms with Crippen LogP contribution in [0.4, 0.5) is 5.69 Å². The number of anilines is 1. The normalized spacial score (nSPS) is 24.5. The summed E-state index contributed by atoms with van der Waals surface area (Å²) in [7, 11) is -3.10. The van der Waals surface area contributed by atoms with Gasteiger partial charge in [-0.15, -0.1) is 0 Å². The van der Waals surface area contributed by atoms with Crippen molar-refractivity contribution in [3.63, 3.8) is 0 Å². The standard InChI is InChI=1S/C16H25N3O2S/c1-22(20,21)19-10-4-5-13(12-19)16-9-8-15(11-17-16)18-14-6-2-3-7-14/h8-9,11,13-14,18H,2-7,10,12H2,1H3/t13-/m1/s1. The molecule has 1 saturated heterocycles. The lowest BCUT2D eigenvalue weighted by molar-refractivity contribution is 0.314. The summed E-state index contributed by atoms with van der Waals surface area (Å²) in [6.45, 7) is 1.19. The maximum atomic E-state index is 11.7. The van der Waals surface area contributed by atoms with Crippen LogP contribution >= 0.6 is 0 Å². The first kappa shape index (κ1) is 15.7. The van der Waals surface area contributed by atoms with Crippen molar-refractivity contribution in [3.8, 4) is 0 Å². The highest BCUT2D eigenvalue weighted by Gasteiger charge is 2.27. The van der Waals surface area contributed by atoms with E-state index in [1.54, 1.807) is 4.31 Å². The number of pyridine rings is 1. The van der Waals surface area contributed by atoms with Gasteiger partial charge in [0.05, 0.1) is 18.1 Å². The van der Waals surface area contributed by atoms with Crippen molar-refractivity contribution in [1.82, 2.24) is 9.29 Å². The van der Waals surface area contributed by atoms with Gasteiger partial charge >= 0.3 is 0 Å². The molecule has 0 unspecified atom stereocenters. The van der Waals surface area contributed by atoms with Gasteiger partial charge in [-0.1, -0.05) is 12.8 Å². The zero-order chi connectivity index (χ0) is 15.6. The summed E-state index contributed by atoms with van der Waals surface area (Å²) in [6.07, 6.45) is 10.2. The Morgan fingerprint density at radius 1 is 1.18 bits per heavy atom. The number of nitrogens with zero attached hydrogens (tertiary/aromatic N) is 2. The molecule has 0 radical (unpaired) electrons. The molecule has 6 heteroatoms. The van der Waals surface area contributed by atoms with Crippen LogP contribution in [-0.4, -0.2) is 43.1 Å². The van der Waals surface area contributed by atoms with E-state index in [0.29, 0.717) is 19.1 Å². The van der Waals surface area contributed by atoms with Crippen LogP contribution < -0.4 is 5.32 Å². The Bertz CT molecular complexity index is 594. The number of hydrogen-bond acceptors (Lipinski definition) is 4. The quantitative estimate of drug-likeness (QED) is 0.925. The van der Waals surface area contributed by atoms with Crippen LogP contribution in [-0.2, 0) is 10.0 Å². The third-order valence-electron chi connectivity index (χ3n) is 4.78. The molecule has 5 nitrogen and oxygen atoms in total. The van der Waals surface area contributed by atoms with Gasteiger partial charge in [-0.05, 0) is 37.8 Å². The Kier molecular flexibility index (Phi) is 4.68. The van der Waals surface area contributed by atoms with E-state index in [-0.39, 0.29) is 5.92 Å². The van der Waals surface area contributed by atoms with Gasteiger partial charge in [0.1, 0.15) is 0 Å². The third-order valence-corrected chi connectivity index (χ3v) is 6.05. The first-order valence-electron chi connectivity index (χ1n) is 8.20. The molecule has 0 aromatic carbocycles. The zero-order valence-corrected chi connectivity index (χ0v) is 14.0. The van der Waals surface area contributed by atoms with Crippen LogP contribution in [0.1, 0.15) is 50.1 Å². The fourth-order valence-electron chi connectivity index (χ4n) is 3.52. The smallest absolute Gasteiger partial charge is 0.211 e. The Balaban J connectivity index is 1.64. The SMILES string of the molecule is CS(=O)(=O)N1CCC[C@@H](c2ccc(NC3CCCC3)cn2)C1. The maximum Gasteiger partial charge on any atom is 0.211 e. The second-order valence-electron chi connectivity index (χ2n) is 6.56. The summed E-state index contributed by atoms with van der Waals surface area (Å²) in [5.74, 6) is 0.212. The Morgan fingerprint density at radius 3 is 2.59 bits per heavy atom. The van der Waals surface area contributed by atoms with Crippen molar-refractivity contribution >= 4 is 15.7 Å². The lowest BCUT2D eigenvalue weighted by Crippen LogP contribution is -2.38. The Morgan fingerprint density at radius 2 is 1.95 bits per heavy atom. The van der Waals surface area contributed by atoms with Gasteiger partial charge in [-0.25, -0.2) is 12.7 Å². The summed E-state index contributed by atoms with van der Waals surface area (Å²) >= 11 is 0. The van der Waals surface area contributed by atoms with Crippen LogP contribution in [0.3, 0.4) is 0 Å². The minimum Gasteiger partial charge on any atom is -0.381 e. The van der Waals surface area contributed by atoms with Crippen molar-refractivity contribution in [2.24, 2.45) is 0 Å². The predicted octanol–water partition coefficient (Wildman–Crippen LogP) is 2.58. The number of nitrogens with one attached hydrogen (secondary N) is 1. The molecular formula is C16H25N3O2S. The molecule has 1 aromatic rings. The van der Waals surface area contributed by atoms with Crippen LogP contribution in [0.2, 0.25) is 0 Å². The number of hydrogen-bond donors (Lipinski definition) is 1. The number of piperidine rings is 1. The molecule has 1 aliphatic carbocycles. The molecule has 0 bridgehead atoms. The maximum absolute atomic E-state index is 11.7. The zero-order valence-electron chi connectivity index (χ0n) is 13.2. The van der Waals surface area contributed by atoms with Gasteiger partial charge < -0.3 is 5.32 Å². The van der Waals surface area contributed by atoms with E-state index >= 15 is 0 Å². The molecule has 0 spiro atoms. The molecule has 22 heavy (non-hydrogen) atoms. The van der Waals surface area contributed by atoms with Crippen molar-refractivity contribution in [1.29, 1.82) is 0 Å². The van der Waals surface area contributed by atoms with Crippen LogP contribution in [0.5, 0.6) is 0 Å². The molecule has 1 aromatic heterocycles. The molecule has 122 valence electrons. The second-order valence-corrected chi connectivity index (χ2v) is 8.54. The van der Waals surface area contributed by atoms with Crippen molar-refractivity contribution < 1.29 is 8.42 Å². The summed E-state index contributed by atoms with van der Waals surface area (Å²) < 4.78 is 25.0. The molecule has 2 fully saturated rings. The topological polar surface area (TPSA) is 62.3 Å². The molecule has 3 rings (SSSR count). The minimum absolute atomic E-state index is 0.212. The lowest BCUT2D eigenvalue weighted by atomic mass is 9.95.